The van der Waals surface area contributed by atoms with Crippen molar-refractivity contribution in [3.05, 3.63) is 58.1 Å². The van der Waals surface area contributed by atoms with Gasteiger partial charge in [0.05, 0.1) is 6.04 Å². The van der Waals surface area contributed by atoms with Gasteiger partial charge in [0.1, 0.15) is 12.4 Å². The van der Waals surface area contributed by atoms with Crippen LogP contribution in [0.4, 0.5) is 5.69 Å². The van der Waals surface area contributed by atoms with Gasteiger partial charge in [-0.05, 0) is 56.2 Å². The minimum atomic E-state index is 0. The smallest absolute Gasteiger partial charge is 0.119 e. The number of nitrogens with zero attached hydrogens (tertiary/aromatic N) is 1. The Bertz CT molecular complexity index is 680. The molecular weight excluding hydrogens is 355 g/mol. The average Bonchev–Trinajstić information content (AvgIpc) is 2.54. The first-order valence-electron chi connectivity index (χ1n) is 8.48. The summed E-state index contributed by atoms with van der Waals surface area (Å²) in [6.45, 7) is 10.1. The molecule has 1 saturated heterocycles. The van der Waals surface area contributed by atoms with Crippen molar-refractivity contribution in [2.45, 2.75) is 26.8 Å². The van der Waals surface area contributed by atoms with Gasteiger partial charge in [-0.1, -0.05) is 29.3 Å². The predicted octanol–water partition coefficient (Wildman–Crippen LogP) is 4.54. The molecule has 0 spiro atoms. The van der Waals surface area contributed by atoms with E-state index in [1.54, 1.807) is 0 Å². The number of hydrogen-bond acceptors (Lipinski definition) is 3. The van der Waals surface area contributed by atoms with E-state index in [0.717, 1.165) is 30.4 Å². The lowest BCUT2D eigenvalue weighted by atomic mass is 10.0. The summed E-state index contributed by atoms with van der Waals surface area (Å²) in [6.07, 6.45) is 0. The molecule has 0 saturated carbocycles. The van der Waals surface area contributed by atoms with Gasteiger partial charge in [-0.15, -0.1) is 12.4 Å². The van der Waals surface area contributed by atoms with E-state index >= 15 is 0 Å². The van der Waals surface area contributed by atoms with Crippen LogP contribution in [0.15, 0.2) is 36.4 Å². The summed E-state index contributed by atoms with van der Waals surface area (Å²) < 4.78 is 6.02. The van der Waals surface area contributed by atoms with Crippen LogP contribution < -0.4 is 15.0 Å². The van der Waals surface area contributed by atoms with Gasteiger partial charge < -0.3 is 15.0 Å². The van der Waals surface area contributed by atoms with Gasteiger partial charge in [0, 0.05) is 30.3 Å². The molecule has 1 unspecified atom stereocenters. The van der Waals surface area contributed by atoms with Crippen LogP contribution in [-0.4, -0.2) is 32.3 Å². The third kappa shape index (κ3) is 4.81. The lowest BCUT2D eigenvalue weighted by molar-refractivity contribution is 0.267. The topological polar surface area (TPSA) is 24.5 Å². The highest BCUT2D eigenvalue weighted by atomic mass is 35.5. The first-order valence-corrected chi connectivity index (χ1v) is 8.86. The van der Waals surface area contributed by atoms with Gasteiger partial charge >= 0.3 is 0 Å². The molecule has 0 amide bonds. The molecule has 0 radical (unpaired) electrons. The highest BCUT2D eigenvalue weighted by Gasteiger charge is 2.25. The summed E-state index contributed by atoms with van der Waals surface area (Å²) in [4.78, 5) is 2.50. The van der Waals surface area contributed by atoms with Gasteiger partial charge in [0.25, 0.3) is 0 Å². The van der Waals surface area contributed by atoms with Crippen LogP contribution in [-0.2, 0) is 0 Å². The zero-order valence-electron chi connectivity index (χ0n) is 15.0. The predicted molar refractivity (Wildman–Crippen MR) is 109 cm³/mol. The van der Waals surface area contributed by atoms with Crippen molar-refractivity contribution in [1.29, 1.82) is 0 Å². The molecule has 1 aliphatic rings. The summed E-state index contributed by atoms with van der Waals surface area (Å²) in [7, 11) is 0. The second-order valence-electron chi connectivity index (χ2n) is 6.56. The summed E-state index contributed by atoms with van der Waals surface area (Å²) in [6, 6.07) is 12.4. The molecule has 1 atom stereocenters. The Kier molecular flexibility index (Phi) is 7.00. The Morgan fingerprint density at radius 2 is 1.76 bits per heavy atom. The first-order chi connectivity index (χ1) is 11.5. The maximum atomic E-state index is 6.02. The monoisotopic (exact) mass is 380 g/mol. The molecule has 1 N–H and O–H groups in total. The highest BCUT2D eigenvalue weighted by Crippen LogP contribution is 2.29. The zero-order valence-corrected chi connectivity index (χ0v) is 16.6. The van der Waals surface area contributed by atoms with E-state index in [1.807, 2.05) is 24.3 Å². The Morgan fingerprint density at radius 1 is 1.12 bits per heavy atom. The van der Waals surface area contributed by atoms with E-state index in [1.165, 1.54) is 22.4 Å². The third-order valence-electron chi connectivity index (χ3n) is 4.53. The van der Waals surface area contributed by atoms with E-state index in [0.29, 0.717) is 12.6 Å². The summed E-state index contributed by atoms with van der Waals surface area (Å²) in [5, 5.41) is 4.22. The summed E-state index contributed by atoms with van der Waals surface area (Å²) in [5.74, 6) is 0.863. The second-order valence-corrected chi connectivity index (χ2v) is 7.00. The van der Waals surface area contributed by atoms with Crippen molar-refractivity contribution < 1.29 is 4.74 Å². The molecule has 25 heavy (non-hydrogen) atoms. The fourth-order valence-electron chi connectivity index (χ4n) is 3.55. The number of piperazine rings is 1. The molecule has 1 aliphatic heterocycles. The maximum Gasteiger partial charge on any atom is 0.119 e. The van der Waals surface area contributed by atoms with Crippen molar-refractivity contribution >= 4 is 29.7 Å². The van der Waals surface area contributed by atoms with E-state index < -0.39 is 0 Å². The summed E-state index contributed by atoms with van der Waals surface area (Å²) >= 11 is 5.94. The fraction of sp³-hybridized carbons (Fsp3) is 0.400. The Morgan fingerprint density at radius 3 is 2.40 bits per heavy atom. The standard InChI is InChI=1S/C20H25ClN2O.ClH/c1-14-10-15(2)20(16(3)11-14)23-9-8-22-12-18(23)13-24-19-6-4-17(21)5-7-19;/h4-7,10-11,18,22H,8-9,12-13H2,1-3H3;1H. The number of ether oxygens (including phenoxy) is 1. The first kappa shape index (κ1) is 19.9. The van der Waals surface area contributed by atoms with Crippen LogP contribution >= 0.6 is 24.0 Å². The molecule has 5 heteroatoms. The Hall–Kier alpha value is -1.42. The average molecular weight is 381 g/mol. The van der Waals surface area contributed by atoms with Crippen molar-refractivity contribution in [3.8, 4) is 5.75 Å². The van der Waals surface area contributed by atoms with Crippen molar-refractivity contribution in [3.63, 3.8) is 0 Å². The molecule has 0 bridgehead atoms. The van der Waals surface area contributed by atoms with Gasteiger partial charge in [-0.2, -0.15) is 0 Å². The zero-order chi connectivity index (χ0) is 17.1. The minimum absolute atomic E-state index is 0. The second kappa shape index (κ2) is 8.79. The number of halogens is 2. The molecule has 3 rings (SSSR count). The van der Waals surface area contributed by atoms with E-state index in [9.17, 15) is 0 Å². The van der Waals surface area contributed by atoms with Crippen LogP contribution in [0.3, 0.4) is 0 Å². The largest absolute Gasteiger partial charge is 0.491 e. The fourth-order valence-corrected chi connectivity index (χ4v) is 3.68. The molecular formula is C20H26Cl2N2O. The SMILES string of the molecule is Cc1cc(C)c(N2CCNCC2COc2ccc(Cl)cc2)c(C)c1.Cl. The van der Waals surface area contributed by atoms with E-state index in [2.05, 4.69) is 43.1 Å². The van der Waals surface area contributed by atoms with Crippen LogP contribution in [0, 0.1) is 20.8 Å². The van der Waals surface area contributed by atoms with Crippen molar-refractivity contribution in [1.82, 2.24) is 5.32 Å². The molecule has 2 aromatic carbocycles. The van der Waals surface area contributed by atoms with Crippen LogP contribution in [0.25, 0.3) is 0 Å². The van der Waals surface area contributed by atoms with Crippen LogP contribution in [0.2, 0.25) is 5.02 Å². The summed E-state index contributed by atoms with van der Waals surface area (Å²) in [5.41, 5.74) is 5.35. The van der Waals surface area contributed by atoms with Crippen LogP contribution in [0.5, 0.6) is 5.75 Å². The van der Waals surface area contributed by atoms with Crippen LogP contribution in [0.1, 0.15) is 16.7 Å². The van der Waals surface area contributed by atoms with Gasteiger partial charge in [-0.25, -0.2) is 0 Å². The number of anilines is 1. The van der Waals surface area contributed by atoms with E-state index in [4.69, 9.17) is 16.3 Å². The molecule has 0 aromatic heterocycles. The molecule has 1 heterocycles. The van der Waals surface area contributed by atoms with Crippen molar-refractivity contribution in [2.24, 2.45) is 0 Å². The number of nitrogens with one attached hydrogen (secondary N) is 1. The quantitative estimate of drug-likeness (QED) is 0.841. The number of hydrogen-bond donors (Lipinski definition) is 1. The molecule has 3 nitrogen and oxygen atoms in total. The Labute approximate surface area is 161 Å². The Balaban J connectivity index is 0.00000225. The lowest BCUT2D eigenvalue weighted by Crippen LogP contribution is -2.54. The number of benzene rings is 2. The molecule has 0 aliphatic carbocycles. The molecule has 2 aromatic rings. The maximum absolute atomic E-state index is 6.02. The molecule has 1 fully saturated rings. The highest BCUT2D eigenvalue weighted by molar-refractivity contribution is 6.30. The number of rotatable bonds is 4. The minimum Gasteiger partial charge on any atom is -0.491 e. The molecule has 136 valence electrons. The van der Waals surface area contributed by atoms with Gasteiger partial charge in [0.15, 0.2) is 0 Å². The normalized spacial score (nSPS) is 17.1. The third-order valence-corrected chi connectivity index (χ3v) is 4.78. The van der Waals surface area contributed by atoms with Gasteiger partial charge in [-0.3, -0.25) is 0 Å². The number of aryl methyl sites for hydroxylation is 3. The van der Waals surface area contributed by atoms with E-state index in [-0.39, 0.29) is 12.4 Å². The lowest BCUT2D eigenvalue weighted by Gasteiger charge is -2.39. The van der Waals surface area contributed by atoms with Crippen molar-refractivity contribution in [2.75, 3.05) is 31.1 Å². The van der Waals surface area contributed by atoms with Gasteiger partial charge in [0.2, 0.25) is 0 Å².